The molecule has 0 bridgehead atoms. The zero-order valence-electron chi connectivity index (χ0n) is 16.6. The van der Waals surface area contributed by atoms with Gasteiger partial charge in [0, 0.05) is 31.6 Å². The molecule has 1 saturated heterocycles. The first-order chi connectivity index (χ1) is 14.6. The number of benzene rings is 2. The Morgan fingerprint density at radius 2 is 1.80 bits per heavy atom. The molecule has 0 saturated carbocycles. The predicted molar refractivity (Wildman–Crippen MR) is 118 cm³/mol. The van der Waals surface area contributed by atoms with E-state index in [0.29, 0.717) is 18.7 Å². The van der Waals surface area contributed by atoms with Crippen LogP contribution in [0.1, 0.15) is 28.3 Å². The zero-order chi connectivity index (χ0) is 20.7. The SMILES string of the molecule is C[C@@H](c1nc2ccccc2s1)N1CCN(C(=O)c2cc3ccccc3oc2=O)CC1. The molecule has 6 nitrogen and oxygen atoms in total. The van der Waals surface area contributed by atoms with Crippen LogP contribution < -0.4 is 5.63 Å². The van der Waals surface area contributed by atoms with Crippen LogP contribution in [0.4, 0.5) is 0 Å². The zero-order valence-corrected chi connectivity index (χ0v) is 17.4. The molecule has 4 aromatic rings. The van der Waals surface area contributed by atoms with Crippen LogP contribution in [0.15, 0.2) is 63.8 Å². The van der Waals surface area contributed by atoms with Crippen LogP contribution in [0.2, 0.25) is 0 Å². The normalized spacial score (nSPS) is 16.2. The molecule has 3 heterocycles. The van der Waals surface area contributed by atoms with E-state index in [4.69, 9.17) is 9.40 Å². The summed E-state index contributed by atoms with van der Waals surface area (Å²) >= 11 is 1.72. The number of hydrogen-bond donors (Lipinski definition) is 0. The number of fused-ring (bicyclic) bond motifs is 2. The first-order valence-electron chi connectivity index (χ1n) is 10.0. The van der Waals surface area contributed by atoms with Gasteiger partial charge in [0.05, 0.1) is 16.3 Å². The summed E-state index contributed by atoms with van der Waals surface area (Å²) in [5, 5.41) is 1.84. The van der Waals surface area contributed by atoms with Gasteiger partial charge in [-0.1, -0.05) is 30.3 Å². The lowest BCUT2D eigenvalue weighted by atomic mass is 10.1. The second-order valence-electron chi connectivity index (χ2n) is 7.51. The molecule has 1 aliphatic heterocycles. The van der Waals surface area contributed by atoms with E-state index in [-0.39, 0.29) is 17.5 Å². The van der Waals surface area contributed by atoms with Gasteiger partial charge in [-0.2, -0.15) is 0 Å². The van der Waals surface area contributed by atoms with Crippen LogP contribution >= 0.6 is 11.3 Å². The van der Waals surface area contributed by atoms with E-state index in [1.165, 1.54) is 4.70 Å². The Morgan fingerprint density at radius 3 is 2.60 bits per heavy atom. The third-order valence-corrected chi connectivity index (χ3v) is 6.90. The second-order valence-corrected chi connectivity index (χ2v) is 8.57. The Balaban J connectivity index is 1.30. The molecule has 5 rings (SSSR count). The summed E-state index contributed by atoms with van der Waals surface area (Å²) in [6.45, 7) is 4.78. The molecular formula is C23H21N3O3S. The minimum absolute atomic E-state index is 0.0985. The van der Waals surface area contributed by atoms with Crippen molar-refractivity contribution in [1.29, 1.82) is 0 Å². The summed E-state index contributed by atoms with van der Waals surface area (Å²) in [6, 6.07) is 17.2. The van der Waals surface area contributed by atoms with E-state index in [1.54, 1.807) is 34.4 Å². The highest BCUT2D eigenvalue weighted by atomic mass is 32.1. The topological polar surface area (TPSA) is 66.7 Å². The number of carbonyl (C=O) groups excluding carboxylic acids is 1. The molecule has 2 aromatic heterocycles. The number of para-hydroxylation sites is 2. The van der Waals surface area contributed by atoms with Gasteiger partial charge in [-0.3, -0.25) is 9.69 Å². The third-order valence-electron chi connectivity index (χ3n) is 5.69. The van der Waals surface area contributed by atoms with Crippen molar-refractivity contribution in [2.24, 2.45) is 0 Å². The van der Waals surface area contributed by atoms with Gasteiger partial charge in [-0.25, -0.2) is 9.78 Å². The van der Waals surface area contributed by atoms with E-state index in [2.05, 4.69) is 17.9 Å². The summed E-state index contributed by atoms with van der Waals surface area (Å²) in [6.07, 6.45) is 0. The number of aromatic nitrogens is 1. The molecule has 0 spiro atoms. The van der Waals surface area contributed by atoms with Gasteiger partial charge >= 0.3 is 5.63 Å². The van der Waals surface area contributed by atoms with Crippen molar-refractivity contribution in [1.82, 2.24) is 14.8 Å². The largest absolute Gasteiger partial charge is 0.422 e. The number of thiazole rings is 1. The van der Waals surface area contributed by atoms with E-state index < -0.39 is 5.63 Å². The van der Waals surface area contributed by atoms with Crippen molar-refractivity contribution in [3.63, 3.8) is 0 Å². The number of rotatable bonds is 3. The summed E-state index contributed by atoms with van der Waals surface area (Å²) in [5.41, 5.74) is 1.04. The smallest absolute Gasteiger partial charge is 0.349 e. The molecule has 30 heavy (non-hydrogen) atoms. The summed E-state index contributed by atoms with van der Waals surface area (Å²) in [4.78, 5) is 34.1. The number of hydrogen-bond acceptors (Lipinski definition) is 6. The Labute approximate surface area is 177 Å². The highest BCUT2D eigenvalue weighted by molar-refractivity contribution is 7.18. The van der Waals surface area contributed by atoms with Crippen molar-refractivity contribution in [2.75, 3.05) is 26.2 Å². The Bertz CT molecular complexity index is 1250. The van der Waals surface area contributed by atoms with E-state index in [0.717, 1.165) is 29.0 Å². The minimum atomic E-state index is -0.580. The molecule has 7 heteroatoms. The van der Waals surface area contributed by atoms with Crippen LogP contribution in [0, 0.1) is 0 Å². The standard InChI is InChI=1S/C23H21N3O3S/c1-15(21-24-18-7-3-5-9-20(18)30-21)25-10-12-26(13-11-25)22(27)17-14-16-6-2-4-8-19(16)29-23(17)28/h2-9,14-15H,10-13H2,1H3/t15-/m0/s1. The van der Waals surface area contributed by atoms with Gasteiger partial charge in [0.15, 0.2) is 0 Å². The maximum Gasteiger partial charge on any atom is 0.349 e. The fraction of sp³-hybridized carbons (Fsp3) is 0.261. The molecular weight excluding hydrogens is 398 g/mol. The molecule has 152 valence electrons. The lowest BCUT2D eigenvalue weighted by molar-refractivity contribution is 0.0578. The molecule has 0 radical (unpaired) electrons. The molecule has 2 aromatic carbocycles. The van der Waals surface area contributed by atoms with Crippen molar-refractivity contribution in [3.05, 3.63) is 75.6 Å². The van der Waals surface area contributed by atoms with Crippen molar-refractivity contribution in [3.8, 4) is 0 Å². The van der Waals surface area contributed by atoms with Crippen LogP contribution in [0.25, 0.3) is 21.2 Å². The molecule has 0 N–H and O–H groups in total. The average Bonchev–Trinajstić information content (AvgIpc) is 3.22. The van der Waals surface area contributed by atoms with Gasteiger partial charge in [0.25, 0.3) is 5.91 Å². The summed E-state index contributed by atoms with van der Waals surface area (Å²) < 4.78 is 6.52. The summed E-state index contributed by atoms with van der Waals surface area (Å²) in [7, 11) is 0. The van der Waals surface area contributed by atoms with Gasteiger partial charge in [0.2, 0.25) is 0 Å². The minimum Gasteiger partial charge on any atom is -0.422 e. The first-order valence-corrected chi connectivity index (χ1v) is 10.8. The molecule has 1 atom stereocenters. The van der Waals surface area contributed by atoms with Crippen LogP contribution in [-0.2, 0) is 0 Å². The van der Waals surface area contributed by atoms with E-state index in [1.807, 2.05) is 30.3 Å². The molecule has 0 unspecified atom stereocenters. The maximum atomic E-state index is 13.0. The number of carbonyl (C=O) groups is 1. The molecule has 1 fully saturated rings. The quantitative estimate of drug-likeness (QED) is 0.471. The monoisotopic (exact) mass is 419 g/mol. The van der Waals surface area contributed by atoms with Crippen molar-refractivity contribution >= 4 is 38.4 Å². The van der Waals surface area contributed by atoms with E-state index in [9.17, 15) is 9.59 Å². The van der Waals surface area contributed by atoms with Crippen LogP contribution in [0.3, 0.4) is 0 Å². The van der Waals surface area contributed by atoms with Crippen molar-refractivity contribution in [2.45, 2.75) is 13.0 Å². The third kappa shape index (κ3) is 3.40. The van der Waals surface area contributed by atoms with Crippen LogP contribution in [-0.4, -0.2) is 46.9 Å². The number of nitrogens with zero attached hydrogens (tertiary/aromatic N) is 3. The highest BCUT2D eigenvalue weighted by Gasteiger charge is 2.28. The Morgan fingerprint density at radius 1 is 1.07 bits per heavy atom. The fourth-order valence-corrected chi connectivity index (χ4v) is 4.97. The highest BCUT2D eigenvalue weighted by Crippen LogP contribution is 2.30. The lowest BCUT2D eigenvalue weighted by Crippen LogP contribution is -2.49. The summed E-state index contributed by atoms with van der Waals surface area (Å²) in [5.74, 6) is -0.262. The lowest BCUT2D eigenvalue weighted by Gasteiger charge is -2.37. The van der Waals surface area contributed by atoms with Crippen molar-refractivity contribution < 1.29 is 9.21 Å². The maximum absolute atomic E-state index is 13.0. The Kier molecular flexibility index (Phi) is 4.84. The Hall–Kier alpha value is -3.03. The molecule has 0 aliphatic carbocycles. The van der Waals surface area contributed by atoms with Gasteiger partial charge in [0.1, 0.15) is 16.2 Å². The van der Waals surface area contributed by atoms with Gasteiger partial charge < -0.3 is 9.32 Å². The van der Waals surface area contributed by atoms with Gasteiger partial charge in [-0.15, -0.1) is 11.3 Å². The van der Waals surface area contributed by atoms with Crippen LogP contribution in [0.5, 0.6) is 0 Å². The van der Waals surface area contributed by atoms with E-state index >= 15 is 0 Å². The predicted octanol–water partition coefficient (Wildman–Crippen LogP) is 3.92. The average molecular weight is 420 g/mol. The number of piperazine rings is 1. The molecule has 1 aliphatic rings. The first kappa shape index (κ1) is 19.0. The second kappa shape index (κ2) is 7.66. The number of amides is 1. The fourth-order valence-electron chi connectivity index (χ4n) is 3.92. The van der Waals surface area contributed by atoms with Gasteiger partial charge in [-0.05, 0) is 31.2 Å². The molecule has 1 amide bonds.